The first kappa shape index (κ1) is 25.3. The molecule has 1 heterocycles. The molecule has 0 spiro atoms. The molecule has 0 unspecified atom stereocenters. The third-order valence-electron chi connectivity index (χ3n) is 5.14. The fourth-order valence-electron chi connectivity index (χ4n) is 3.44. The molecular formula is C27H18BrCl2N3OS. The lowest BCUT2D eigenvalue weighted by atomic mass is 9.99. The van der Waals surface area contributed by atoms with Crippen molar-refractivity contribution in [2.75, 3.05) is 11.1 Å². The number of rotatable bonds is 6. The van der Waals surface area contributed by atoms with E-state index >= 15 is 0 Å². The summed E-state index contributed by atoms with van der Waals surface area (Å²) < 4.78 is 0.803. The van der Waals surface area contributed by atoms with Crippen LogP contribution in [0.1, 0.15) is 11.1 Å². The molecule has 4 aromatic rings. The van der Waals surface area contributed by atoms with Gasteiger partial charge in [-0.25, -0.2) is 4.98 Å². The van der Waals surface area contributed by atoms with Gasteiger partial charge in [0.05, 0.1) is 22.7 Å². The van der Waals surface area contributed by atoms with Gasteiger partial charge in [0.2, 0.25) is 5.91 Å². The number of carbonyl (C=O) groups is 1. The summed E-state index contributed by atoms with van der Waals surface area (Å²) in [5.74, 6) is -0.130. The van der Waals surface area contributed by atoms with Crippen LogP contribution in [0, 0.1) is 18.3 Å². The predicted molar refractivity (Wildman–Crippen MR) is 148 cm³/mol. The molecule has 0 bridgehead atoms. The SMILES string of the molecule is Cc1ccc(NC(=O)CSc2nc(-c3ccc(Cl)cc3)cc(-c3ccccc3Cl)c2C#N)c(Br)c1. The minimum atomic E-state index is -0.207. The van der Waals surface area contributed by atoms with E-state index in [-0.39, 0.29) is 11.7 Å². The van der Waals surface area contributed by atoms with Gasteiger partial charge in [-0.1, -0.05) is 71.4 Å². The normalized spacial score (nSPS) is 10.6. The van der Waals surface area contributed by atoms with Crippen molar-refractivity contribution in [1.82, 2.24) is 4.98 Å². The maximum Gasteiger partial charge on any atom is 0.234 e. The van der Waals surface area contributed by atoms with Crippen LogP contribution in [0.2, 0.25) is 10.0 Å². The van der Waals surface area contributed by atoms with Crippen LogP contribution in [0.4, 0.5) is 5.69 Å². The second-order valence-electron chi connectivity index (χ2n) is 7.65. The van der Waals surface area contributed by atoms with Gasteiger partial charge in [0.15, 0.2) is 0 Å². The predicted octanol–water partition coefficient (Wildman–Crippen LogP) is 8.40. The largest absolute Gasteiger partial charge is 0.324 e. The molecule has 0 radical (unpaired) electrons. The number of aryl methyl sites for hydroxylation is 1. The van der Waals surface area contributed by atoms with Crippen molar-refractivity contribution in [2.24, 2.45) is 0 Å². The smallest absolute Gasteiger partial charge is 0.234 e. The Morgan fingerprint density at radius 3 is 2.49 bits per heavy atom. The molecule has 8 heteroatoms. The van der Waals surface area contributed by atoms with Gasteiger partial charge < -0.3 is 5.32 Å². The minimum Gasteiger partial charge on any atom is -0.324 e. The van der Waals surface area contributed by atoms with Gasteiger partial charge in [0.25, 0.3) is 0 Å². The molecule has 0 saturated heterocycles. The molecule has 0 aliphatic rings. The lowest BCUT2D eigenvalue weighted by Crippen LogP contribution is -2.14. The van der Waals surface area contributed by atoms with Crippen molar-refractivity contribution in [3.05, 3.63) is 98.4 Å². The highest BCUT2D eigenvalue weighted by Gasteiger charge is 2.18. The number of hydrogen-bond donors (Lipinski definition) is 1. The Morgan fingerprint density at radius 1 is 1.06 bits per heavy atom. The van der Waals surface area contributed by atoms with E-state index in [1.54, 1.807) is 18.2 Å². The Kier molecular flexibility index (Phi) is 8.15. The van der Waals surface area contributed by atoms with E-state index in [2.05, 4.69) is 27.3 Å². The first-order valence-electron chi connectivity index (χ1n) is 10.5. The molecule has 0 fully saturated rings. The highest BCUT2D eigenvalue weighted by molar-refractivity contribution is 9.10. The molecule has 0 atom stereocenters. The molecule has 0 aliphatic carbocycles. The molecule has 35 heavy (non-hydrogen) atoms. The average Bonchev–Trinajstić information content (AvgIpc) is 2.84. The summed E-state index contributed by atoms with van der Waals surface area (Å²) in [4.78, 5) is 17.5. The standard InChI is InChI=1S/C27H18BrCl2N3OS/c1-16-6-11-24(22(28)12-16)32-26(34)15-35-27-21(14-31)20(19-4-2-3-5-23(19)30)13-25(33-27)17-7-9-18(29)10-8-17/h2-13H,15H2,1H3,(H,32,34). The molecule has 0 aliphatic heterocycles. The number of carbonyl (C=O) groups excluding carboxylic acids is 1. The zero-order chi connectivity index (χ0) is 24.9. The lowest BCUT2D eigenvalue weighted by Gasteiger charge is -2.14. The van der Waals surface area contributed by atoms with E-state index in [1.165, 1.54) is 11.8 Å². The highest BCUT2D eigenvalue weighted by atomic mass is 79.9. The van der Waals surface area contributed by atoms with Crippen LogP contribution < -0.4 is 5.32 Å². The topological polar surface area (TPSA) is 65.8 Å². The summed E-state index contributed by atoms with van der Waals surface area (Å²) in [6.45, 7) is 1.98. The molecule has 3 aromatic carbocycles. The van der Waals surface area contributed by atoms with Crippen LogP contribution >= 0.6 is 50.9 Å². The van der Waals surface area contributed by atoms with Crippen LogP contribution in [-0.4, -0.2) is 16.6 Å². The van der Waals surface area contributed by atoms with Crippen LogP contribution in [0.3, 0.4) is 0 Å². The van der Waals surface area contributed by atoms with Gasteiger partial charge in [0.1, 0.15) is 11.1 Å². The van der Waals surface area contributed by atoms with E-state index in [4.69, 9.17) is 28.2 Å². The number of thioether (sulfide) groups is 1. The summed E-state index contributed by atoms with van der Waals surface area (Å²) >= 11 is 17.2. The summed E-state index contributed by atoms with van der Waals surface area (Å²) in [5, 5.41) is 14.5. The third kappa shape index (κ3) is 6.06. The van der Waals surface area contributed by atoms with E-state index in [9.17, 15) is 10.1 Å². The minimum absolute atomic E-state index is 0.0774. The fraction of sp³-hybridized carbons (Fsp3) is 0.0741. The van der Waals surface area contributed by atoms with E-state index in [0.717, 1.165) is 21.2 Å². The number of aromatic nitrogens is 1. The van der Waals surface area contributed by atoms with Crippen molar-refractivity contribution < 1.29 is 4.79 Å². The zero-order valence-corrected chi connectivity index (χ0v) is 22.4. The Hall–Kier alpha value is -2.82. The van der Waals surface area contributed by atoms with E-state index in [1.807, 2.05) is 61.5 Å². The molecule has 4 nitrogen and oxygen atoms in total. The molecular weight excluding hydrogens is 565 g/mol. The van der Waals surface area contributed by atoms with E-state index < -0.39 is 0 Å². The fourth-order valence-corrected chi connectivity index (χ4v) is 5.20. The average molecular weight is 583 g/mol. The van der Waals surface area contributed by atoms with Crippen molar-refractivity contribution in [1.29, 1.82) is 5.26 Å². The molecule has 0 saturated carbocycles. The summed E-state index contributed by atoms with van der Waals surface area (Å²) in [6, 6.07) is 24.4. The first-order chi connectivity index (χ1) is 16.9. The van der Waals surface area contributed by atoms with Crippen LogP contribution in [-0.2, 0) is 4.79 Å². The van der Waals surface area contributed by atoms with Crippen LogP contribution in [0.25, 0.3) is 22.4 Å². The van der Waals surface area contributed by atoms with Gasteiger partial charge in [-0.3, -0.25) is 4.79 Å². The summed E-state index contributed by atoms with van der Waals surface area (Å²) in [7, 11) is 0. The molecule has 1 amide bonds. The number of amides is 1. The zero-order valence-electron chi connectivity index (χ0n) is 18.5. The monoisotopic (exact) mass is 581 g/mol. The number of benzene rings is 3. The third-order valence-corrected chi connectivity index (χ3v) is 7.35. The number of nitrogens with zero attached hydrogens (tertiary/aromatic N) is 2. The summed E-state index contributed by atoms with van der Waals surface area (Å²) in [6.07, 6.45) is 0. The number of nitriles is 1. The lowest BCUT2D eigenvalue weighted by molar-refractivity contribution is -0.113. The quantitative estimate of drug-likeness (QED) is 0.232. The van der Waals surface area contributed by atoms with Gasteiger partial charge in [-0.15, -0.1) is 0 Å². The maximum atomic E-state index is 12.7. The Morgan fingerprint density at radius 2 is 1.80 bits per heavy atom. The second-order valence-corrected chi connectivity index (χ2v) is 10.3. The molecule has 174 valence electrons. The Bertz CT molecular complexity index is 1450. The second kappa shape index (κ2) is 11.3. The van der Waals surface area contributed by atoms with Gasteiger partial charge in [-0.2, -0.15) is 5.26 Å². The van der Waals surface area contributed by atoms with Crippen molar-refractivity contribution in [3.63, 3.8) is 0 Å². The number of anilines is 1. The van der Waals surface area contributed by atoms with Crippen molar-refractivity contribution in [3.8, 4) is 28.5 Å². The Balaban J connectivity index is 1.70. The number of nitrogens with one attached hydrogen (secondary N) is 1. The van der Waals surface area contributed by atoms with Crippen LogP contribution in [0.5, 0.6) is 0 Å². The van der Waals surface area contributed by atoms with E-state index in [0.29, 0.717) is 37.6 Å². The molecule has 1 N–H and O–H groups in total. The first-order valence-corrected chi connectivity index (χ1v) is 13.0. The number of halogens is 3. The van der Waals surface area contributed by atoms with Crippen molar-refractivity contribution >= 4 is 62.5 Å². The number of hydrogen-bond acceptors (Lipinski definition) is 4. The Labute approximate surface area is 226 Å². The van der Waals surface area contributed by atoms with Gasteiger partial charge in [-0.05, 0) is 64.8 Å². The highest BCUT2D eigenvalue weighted by Crippen LogP contribution is 2.37. The molecule has 1 aromatic heterocycles. The van der Waals surface area contributed by atoms with Crippen molar-refractivity contribution in [2.45, 2.75) is 11.9 Å². The van der Waals surface area contributed by atoms with Gasteiger partial charge in [0, 0.05) is 31.2 Å². The van der Waals surface area contributed by atoms with Gasteiger partial charge >= 0.3 is 0 Å². The molecule has 4 rings (SSSR count). The maximum absolute atomic E-state index is 12.7. The van der Waals surface area contributed by atoms with Crippen LogP contribution in [0.15, 0.2) is 82.3 Å². The number of pyridine rings is 1. The summed E-state index contributed by atoms with van der Waals surface area (Å²) in [5.41, 5.74) is 4.99.